The van der Waals surface area contributed by atoms with E-state index in [0.29, 0.717) is 5.92 Å². The highest BCUT2D eigenvalue weighted by molar-refractivity contribution is 6.08. The minimum absolute atomic E-state index is 0.0804. The van der Waals surface area contributed by atoms with Crippen LogP contribution in [0.15, 0.2) is 121 Å². The predicted octanol–water partition coefficient (Wildman–Crippen LogP) is 10.3. The lowest BCUT2D eigenvalue weighted by molar-refractivity contribution is 0.822. The van der Waals surface area contributed by atoms with Crippen molar-refractivity contribution in [1.29, 1.82) is 0 Å². The average Bonchev–Trinajstić information content (AvgIpc) is 3.03. The van der Waals surface area contributed by atoms with Crippen LogP contribution in [0.5, 0.6) is 0 Å². The second kappa shape index (κ2) is 10.1. The van der Waals surface area contributed by atoms with Gasteiger partial charge in [-0.1, -0.05) is 109 Å². The molecular formula is C38H32N2. The average molecular weight is 517 g/mol. The van der Waals surface area contributed by atoms with E-state index < -0.39 is 0 Å². The van der Waals surface area contributed by atoms with Gasteiger partial charge >= 0.3 is 0 Å². The third-order valence-corrected chi connectivity index (χ3v) is 8.26. The van der Waals surface area contributed by atoms with Gasteiger partial charge in [-0.05, 0) is 82.3 Å². The van der Waals surface area contributed by atoms with Crippen molar-refractivity contribution in [3.63, 3.8) is 0 Å². The lowest BCUT2D eigenvalue weighted by Crippen LogP contribution is -2.13. The molecule has 2 unspecified atom stereocenters. The normalized spacial score (nSPS) is 18.6. The fraction of sp³-hybridized carbons (Fsp3) is 0.132. The zero-order valence-corrected chi connectivity index (χ0v) is 22.9. The van der Waals surface area contributed by atoms with Gasteiger partial charge < -0.3 is 5.32 Å². The second-order valence-electron chi connectivity index (χ2n) is 10.7. The number of fused-ring (bicyclic) bond motifs is 6. The largest absolute Gasteiger partial charge is 0.372 e. The van der Waals surface area contributed by atoms with Crippen LogP contribution in [0.3, 0.4) is 0 Å². The van der Waals surface area contributed by atoms with Gasteiger partial charge in [0.05, 0.1) is 17.2 Å². The number of benzene rings is 4. The van der Waals surface area contributed by atoms with Crippen LogP contribution in [-0.2, 0) is 0 Å². The summed E-state index contributed by atoms with van der Waals surface area (Å²) < 4.78 is 0. The summed E-state index contributed by atoms with van der Waals surface area (Å²) in [5, 5.41) is 10.1. The number of allylic oxidation sites excluding steroid dienone is 8. The molecule has 2 heterocycles. The zero-order valence-electron chi connectivity index (χ0n) is 22.9. The van der Waals surface area contributed by atoms with E-state index >= 15 is 0 Å². The number of hydrogen-bond acceptors (Lipinski definition) is 2. The SMILES string of the molecule is C/C=C\C(=C/C)c1ccc2ccc3cc(C4C=Cc5ccc6ccc(C7C=CC=CC7)nc6c5N4)ccc3c2c1. The minimum atomic E-state index is 0.0804. The van der Waals surface area contributed by atoms with Crippen molar-refractivity contribution in [2.24, 2.45) is 0 Å². The molecule has 0 saturated heterocycles. The molecule has 0 saturated carbocycles. The van der Waals surface area contributed by atoms with E-state index in [1.165, 1.54) is 49.2 Å². The van der Waals surface area contributed by atoms with Crippen LogP contribution in [0.4, 0.5) is 5.69 Å². The van der Waals surface area contributed by atoms with E-state index in [-0.39, 0.29) is 6.04 Å². The number of pyridine rings is 1. The van der Waals surface area contributed by atoms with Crippen LogP contribution in [0, 0.1) is 0 Å². The van der Waals surface area contributed by atoms with Crippen molar-refractivity contribution in [2.45, 2.75) is 32.2 Å². The maximum atomic E-state index is 5.18. The molecule has 0 spiro atoms. The van der Waals surface area contributed by atoms with Gasteiger partial charge in [0.15, 0.2) is 0 Å². The van der Waals surface area contributed by atoms with E-state index in [1.807, 2.05) is 0 Å². The summed E-state index contributed by atoms with van der Waals surface area (Å²) >= 11 is 0. The summed E-state index contributed by atoms with van der Waals surface area (Å²) in [6, 6.07) is 27.0. The molecule has 2 atom stereocenters. The Morgan fingerprint density at radius 1 is 0.825 bits per heavy atom. The van der Waals surface area contributed by atoms with Gasteiger partial charge in [-0.2, -0.15) is 0 Å². The summed E-state index contributed by atoms with van der Waals surface area (Å²) in [5.41, 5.74) is 8.22. The molecule has 0 amide bonds. The Morgan fingerprint density at radius 2 is 1.68 bits per heavy atom. The molecule has 2 heteroatoms. The first kappa shape index (κ1) is 24.4. The maximum Gasteiger partial charge on any atom is 0.0943 e. The molecule has 1 aromatic heterocycles. The van der Waals surface area contributed by atoms with Gasteiger partial charge in [0.1, 0.15) is 0 Å². The standard InChI is InChI=1S/C38H32N2/c1-3-8-25(4-2)30-15-11-26-12-16-31-23-32(17-20-33(31)34(26)24-30)36-22-19-29-14-13-28-18-21-35(27-9-6-5-7-10-27)39-37(28)38(29)40-36/h3-9,11-24,27,36,40H,10H2,1-2H3/b8-3-,25-4+. The van der Waals surface area contributed by atoms with Crippen LogP contribution < -0.4 is 5.32 Å². The highest BCUT2D eigenvalue weighted by atomic mass is 14.9. The van der Waals surface area contributed by atoms with Crippen LogP contribution in [0.2, 0.25) is 0 Å². The van der Waals surface area contributed by atoms with Crippen molar-refractivity contribution >= 4 is 49.8 Å². The van der Waals surface area contributed by atoms with Gasteiger partial charge in [-0.3, -0.25) is 0 Å². The van der Waals surface area contributed by atoms with Crippen molar-refractivity contribution in [3.05, 3.63) is 144 Å². The molecule has 7 rings (SSSR count). The molecular weight excluding hydrogens is 484 g/mol. The van der Waals surface area contributed by atoms with E-state index in [9.17, 15) is 0 Å². The molecule has 2 nitrogen and oxygen atoms in total. The third-order valence-electron chi connectivity index (χ3n) is 8.26. The summed E-state index contributed by atoms with van der Waals surface area (Å²) in [6.45, 7) is 4.17. The molecule has 194 valence electrons. The topological polar surface area (TPSA) is 24.9 Å². The van der Waals surface area contributed by atoms with Crippen molar-refractivity contribution in [1.82, 2.24) is 4.98 Å². The molecule has 1 N–H and O–H groups in total. The number of nitrogens with zero attached hydrogens (tertiary/aromatic N) is 1. The highest BCUT2D eigenvalue weighted by Crippen LogP contribution is 2.38. The fourth-order valence-corrected chi connectivity index (χ4v) is 6.10. The summed E-state index contributed by atoms with van der Waals surface area (Å²) in [6.07, 6.45) is 20.7. The lowest BCUT2D eigenvalue weighted by Gasteiger charge is -2.25. The maximum absolute atomic E-state index is 5.18. The molecule has 2 aliphatic rings. The summed E-state index contributed by atoms with van der Waals surface area (Å²) in [7, 11) is 0. The molecule has 1 aliphatic carbocycles. The Balaban J connectivity index is 1.26. The van der Waals surface area contributed by atoms with Crippen molar-refractivity contribution in [2.75, 3.05) is 5.32 Å². The molecule has 0 fully saturated rings. The lowest BCUT2D eigenvalue weighted by atomic mass is 9.93. The summed E-state index contributed by atoms with van der Waals surface area (Å²) in [5.74, 6) is 0.331. The van der Waals surface area contributed by atoms with Crippen molar-refractivity contribution < 1.29 is 0 Å². The molecule has 1 aliphatic heterocycles. The van der Waals surface area contributed by atoms with Crippen molar-refractivity contribution in [3.8, 4) is 0 Å². The zero-order chi connectivity index (χ0) is 27.1. The molecule has 40 heavy (non-hydrogen) atoms. The van der Waals surface area contributed by atoms with Gasteiger partial charge in [0.25, 0.3) is 0 Å². The Morgan fingerprint density at radius 3 is 2.52 bits per heavy atom. The van der Waals surface area contributed by atoms with Gasteiger partial charge in [0, 0.05) is 17.0 Å². The Kier molecular flexibility index (Phi) is 6.17. The minimum Gasteiger partial charge on any atom is -0.372 e. The smallest absolute Gasteiger partial charge is 0.0943 e. The predicted molar refractivity (Wildman–Crippen MR) is 173 cm³/mol. The molecule has 5 aromatic rings. The van der Waals surface area contributed by atoms with E-state index in [2.05, 4.69) is 147 Å². The number of rotatable bonds is 4. The van der Waals surface area contributed by atoms with Gasteiger partial charge in [-0.15, -0.1) is 0 Å². The summed E-state index contributed by atoms with van der Waals surface area (Å²) in [4.78, 5) is 5.18. The van der Waals surface area contributed by atoms with E-state index in [1.54, 1.807) is 0 Å². The number of aromatic nitrogens is 1. The Bertz CT molecular complexity index is 1930. The van der Waals surface area contributed by atoms with Crippen LogP contribution in [0.25, 0.3) is 44.1 Å². The second-order valence-corrected chi connectivity index (χ2v) is 10.7. The first-order valence-corrected chi connectivity index (χ1v) is 14.2. The van der Waals surface area contributed by atoms with E-state index in [0.717, 1.165) is 23.3 Å². The monoisotopic (exact) mass is 516 g/mol. The first-order chi connectivity index (χ1) is 19.7. The number of anilines is 1. The molecule has 0 bridgehead atoms. The fourth-order valence-electron chi connectivity index (χ4n) is 6.10. The Labute approximate surface area is 235 Å². The first-order valence-electron chi connectivity index (χ1n) is 14.2. The van der Waals surface area contributed by atoms with Gasteiger partial charge in [0.2, 0.25) is 0 Å². The van der Waals surface area contributed by atoms with Crippen LogP contribution in [0.1, 0.15) is 54.6 Å². The number of nitrogens with one attached hydrogen (secondary N) is 1. The highest BCUT2D eigenvalue weighted by Gasteiger charge is 2.19. The van der Waals surface area contributed by atoms with E-state index in [4.69, 9.17) is 4.98 Å². The molecule has 4 aromatic carbocycles. The Hall–Kier alpha value is -4.69. The molecule has 0 radical (unpaired) electrons. The number of hydrogen-bond donors (Lipinski definition) is 1. The third kappa shape index (κ3) is 4.26. The quantitative estimate of drug-likeness (QED) is 0.190. The van der Waals surface area contributed by atoms with Gasteiger partial charge in [-0.25, -0.2) is 4.98 Å². The van der Waals surface area contributed by atoms with Crippen LogP contribution in [-0.4, -0.2) is 4.98 Å². The van der Waals surface area contributed by atoms with Crippen LogP contribution >= 0.6 is 0 Å².